The Balaban J connectivity index is 2.20. The zero-order valence-corrected chi connectivity index (χ0v) is 9.60. The molecule has 0 amide bonds. The summed E-state index contributed by atoms with van der Waals surface area (Å²) >= 11 is 5.54. The molecule has 0 fully saturated rings. The predicted molar refractivity (Wildman–Crippen MR) is 58.1 cm³/mol. The van der Waals surface area contributed by atoms with Gasteiger partial charge in [-0.1, -0.05) is 30.0 Å². The third-order valence-electron chi connectivity index (χ3n) is 1.17. The molecule has 1 aromatic rings. The number of rotatable bonds is 5. The van der Waals surface area contributed by atoms with Crippen molar-refractivity contribution in [3.8, 4) is 0 Å². The van der Waals surface area contributed by atoms with Gasteiger partial charge in [0, 0.05) is 4.90 Å². The number of thioether (sulfide) groups is 1. The number of hydrogen-bond acceptors (Lipinski definition) is 4. The van der Waals surface area contributed by atoms with E-state index in [0.29, 0.717) is 0 Å². The molecule has 0 atom stereocenters. The quantitative estimate of drug-likeness (QED) is 0.208. The first-order chi connectivity index (χ1) is 6.58. The van der Waals surface area contributed by atoms with Crippen LogP contribution < -0.4 is 0 Å². The largest absolute Gasteiger partial charge is 0.350 e. The van der Waals surface area contributed by atoms with Gasteiger partial charge in [-0.25, -0.2) is 4.89 Å². The maximum absolute atomic E-state index is 8.64. The Morgan fingerprint density at radius 2 is 1.93 bits per heavy atom. The maximum Gasteiger partial charge on any atom is 0.350 e. The molecular weight excluding hydrogens is 243 g/mol. The molecule has 0 aromatic heterocycles. The monoisotopic (exact) mass is 252 g/mol. The Morgan fingerprint density at radius 3 is 2.50 bits per heavy atom. The molecule has 0 radical (unpaired) electrons. The van der Waals surface area contributed by atoms with Gasteiger partial charge >= 0.3 is 6.72 Å². The van der Waals surface area contributed by atoms with Crippen LogP contribution in [0.1, 0.15) is 0 Å². The molecule has 2 N–H and O–H groups in total. The van der Waals surface area contributed by atoms with Crippen LogP contribution in [-0.2, 0) is 21.4 Å². The standard InChI is InChI=1S/C7H9O4PS2/c8-12(9,13)11-10-6-14-7-4-2-1-3-5-7/h1-5H,6H2,(H2,8,9,13). The van der Waals surface area contributed by atoms with E-state index in [1.165, 1.54) is 11.8 Å². The van der Waals surface area contributed by atoms with Gasteiger partial charge in [0.2, 0.25) is 0 Å². The third kappa shape index (κ3) is 5.72. The molecule has 0 aliphatic carbocycles. The second-order valence-corrected chi connectivity index (χ2v) is 5.81. The zero-order chi connectivity index (χ0) is 10.4. The average Bonchev–Trinajstić information content (AvgIpc) is 2.13. The lowest BCUT2D eigenvalue weighted by atomic mass is 10.4. The highest BCUT2D eigenvalue weighted by Gasteiger charge is 2.08. The van der Waals surface area contributed by atoms with E-state index in [4.69, 9.17) is 9.79 Å². The van der Waals surface area contributed by atoms with Crippen LogP contribution in [0.3, 0.4) is 0 Å². The van der Waals surface area contributed by atoms with Gasteiger partial charge in [0.15, 0.2) is 0 Å². The summed E-state index contributed by atoms with van der Waals surface area (Å²) in [4.78, 5) is 22.8. The molecule has 0 saturated carbocycles. The fourth-order valence-electron chi connectivity index (χ4n) is 0.699. The number of benzene rings is 1. The molecule has 1 rings (SSSR count). The van der Waals surface area contributed by atoms with Crippen LogP contribution in [0, 0.1) is 0 Å². The fourth-order valence-corrected chi connectivity index (χ4v) is 1.67. The van der Waals surface area contributed by atoms with Crippen molar-refractivity contribution < 1.29 is 19.3 Å². The van der Waals surface area contributed by atoms with Gasteiger partial charge in [-0.15, -0.1) is 4.67 Å². The van der Waals surface area contributed by atoms with E-state index in [2.05, 4.69) is 21.4 Å². The van der Waals surface area contributed by atoms with Crippen LogP contribution in [0.15, 0.2) is 35.2 Å². The lowest BCUT2D eigenvalue weighted by Crippen LogP contribution is -1.90. The first-order valence-corrected chi connectivity index (χ1v) is 7.24. The Bertz CT molecular complexity index is 313. The number of hydrogen-bond donors (Lipinski definition) is 2. The fraction of sp³-hybridized carbons (Fsp3) is 0.143. The Kier molecular flexibility index (Phi) is 5.05. The second-order valence-electron chi connectivity index (χ2n) is 2.26. The molecule has 0 unspecified atom stereocenters. The summed E-state index contributed by atoms with van der Waals surface area (Å²) in [5.74, 6) is 0.156. The van der Waals surface area contributed by atoms with E-state index < -0.39 is 6.72 Å². The summed E-state index contributed by atoms with van der Waals surface area (Å²) in [5, 5.41) is 0. The molecule has 0 spiro atoms. The zero-order valence-electron chi connectivity index (χ0n) is 7.07. The van der Waals surface area contributed by atoms with Crippen LogP contribution in [0.2, 0.25) is 0 Å². The third-order valence-corrected chi connectivity index (χ3v) is 2.47. The SMILES string of the molecule is OP(O)(=S)OOCSc1ccccc1. The molecule has 0 heterocycles. The van der Waals surface area contributed by atoms with Crippen LogP contribution in [-0.4, -0.2) is 15.7 Å². The van der Waals surface area contributed by atoms with Crippen molar-refractivity contribution in [2.75, 3.05) is 5.94 Å². The molecule has 14 heavy (non-hydrogen) atoms. The van der Waals surface area contributed by atoms with Gasteiger partial charge < -0.3 is 9.79 Å². The van der Waals surface area contributed by atoms with E-state index in [1.807, 2.05) is 30.3 Å². The van der Waals surface area contributed by atoms with Gasteiger partial charge in [0.25, 0.3) is 0 Å². The smallest absolute Gasteiger partial charge is 0.323 e. The first-order valence-electron chi connectivity index (χ1n) is 3.62. The van der Waals surface area contributed by atoms with Crippen molar-refractivity contribution >= 4 is 30.3 Å². The molecule has 0 saturated heterocycles. The van der Waals surface area contributed by atoms with Crippen molar-refractivity contribution in [3.63, 3.8) is 0 Å². The summed E-state index contributed by atoms with van der Waals surface area (Å²) in [6.07, 6.45) is 0. The van der Waals surface area contributed by atoms with Crippen molar-refractivity contribution in [1.82, 2.24) is 0 Å². The van der Waals surface area contributed by atoms with E-state index in [0.717, 1.165) is 4.90 Å². The average molecular weight is 252 g/mol. The maximum atomic E-state index is 8.64. The minimum Gasteiger partial charge on any atom is -0.323 e. The summed E-state index contributed by atoms with van der Waals surface area (Å²) in [7, 11) is 0. The van der Waals surface area contributed by atoms with E-state index in [1.54, 1.807) is 0 Å². The molecular formula is C7H9O4PS2. The van der Waals surface area contributed by atoms with Gasteiger partial charge in [-0.2, -0.15) is 0 Å². The first kappa shape index (κ1) is 12.1. The van der Waals surface area contributed by atoms with Crippen LogP contribution in [0.5, 0.6) is 0 Å². The van der Waals surface area contributed by atoms with Gasteiger partial charge in [0.05, 0.1) is 0 Å². The van der Waals surface area contributed by atoms with Gasteiger partial charge in [-0.05, 0) is 23.9 Å². The van der Waals surface area contributed by atoms with Crippen molar-refractivity contribution in [1.29, 1.82) is 0 Å². The van der Waals surface area contributed by atoms with Crippen molar-refractivity contribution in [2.24, 2.45) is 0 Å². The Labute approximate surface area is 91.0 Å². The van der Waals surface area contributed by atoms with E-state index in [9.17, 15) is 0 Å². The van der Waals surface area contributed by atoms with Crippen molar-refractivity contribution in [2.45, 2.75) is 4.90 Å². The Hall–Kier alpha value is 0.0600. The lowest BCUT2D eigenvalue weighted by Gasteiger charge is -2.06. The highest BCUT2D eigenvalue weighted by molar-refractivity contribution is 8.06. The molecule has 4 nitrogen and oxygen atoms in total. The van der Waals surface area contributed by atoms with E-state index >= 15 is 0 Å². The molecule has 7 heteroatoms. The highest BCUT2D eigenvalue weighted by atomic mass is 32.5. The van der Waals surface area contributed by atoms with Crippen LogP contribution in [0.25, 0.3) is 0 Å². The van der Waals surface area contributed by atoms with Gasteiger partial charge in [0.1, 0.15) is 5.94 Å². The summed E-state index contributed by atoms with van der Waals surface area (Å²) in [6, 6.07) is 9.50. The molecule has 0 aliphatic heterocycles. The molecule has 1 aromatic carbocycles. The molecule has 0 aliphatic rings. The topological polar surface area (TPSA) is 58.9 Å². The molecule has 78 valence electrons. The highest BCUT2D eigenvalue weighted by Crippen LogP contribution is 2.37. The minimum absolute atomic E-state index is 0.156. The van der Waals surface area contributed by atoms with Crippen LogP contribution >= 0.6 is 18.5 Å². The summed E-state index contributed by atoms with van der Waals surface area (Å²) < 4.78 is 4.17. The lowest BCUT2D eigenvalue weighted by molar-refractivity contribution is -0.194. The molecule has 0 bridgehead atoms. The van der Waals surface area contributed by atoms with Crippen molar-refractivity contribution in [3.05, 3.63) is 30.3 Å². The predicted octanol–water partition coefficient (Wildman–Crippen LogP) is 1.89. The normalized spacial score (nSPS) is 11.6. The summed E-state index contributed by atoms with van der Waals surface area (Å²) in [6.45, 7) is -3.69. The van der Waals surface area contributed by atoms with E-state index in [-0.39, 0.29) is 5.94 Å². The summed E-state index contributed by atoms with van der Waals surface area (Å²) in [5.41, 5.74) is 0. The minimum atomic E-state index is -3.69. The Morgan fingerprint density at radius 1 is 1.29 bits per heavy atom. The van der Waals surface area contributed by atoms with Crippen LogP contribution in [0.4, 0.5) is 0 Å². The second kappa shape index (κ2) is 5.82. The van der Waals surface area contributed by atoms with Gasteiger partial charge in [-0.3, -0.25) is 0 Å².